The van der Waals surface area contributed by atoms with E-state index in [1.54, 1.807) is 55.6 Å². The van der Waals surface area contributed by atoms with E-state index in [2.05, 4.69) is 9.73 Å². The zero-order chi connectivity index (χ0) is 22.2. The highest BCUT2D eigenvalue weighted by Crippen LogP contribution is 2.22. The smallest absolute Gasteiger partial charge is 0.435 e. The minimum Gasteiger partial charge on any atom is -0.497 e. The fraction of sp³-hybridized carbons (Fsp3) is 0.174. The Hall–Kier alpha value is -4.07. The third kappa shape index (κ3) is 5.96. The minimum absolute atomic E-state index is 0.0487. The van der Waals surface area contributed by atoms with Crippen LogP contribution in [0.15, 0.2) is 65.7 Å². The summed E-state index contributed by atoms with van der Waals surface area (Å²) in [5.41, 5.74) is 7.36. The third-order valence-corrected chi connectivity index (χ3v) is 4.42. The van der Waals surface area contributed by atoms with E-state index in [0.29, 0.717) is 11.3 Å². The zero-order valence-electron chi connectivity index (χ0n) is 17.2. The highest BCUT2D eigenvalue weighted by Gasteiger charge is 2.08. The summed E-state index contributed by atoms with van der Waals surface area (Å²) < 4.78 is 20.2. The molecule has 8 nitrogen and oxygen atoms in total. The van der Waals surface area contributed by atoms with Crippen LogP contribution in [0.5, 0.6) is 11.5 Å². The van der Waals surface area contributed by atoms with E-state index in [0.717, 1.165) is 22.1 Å². The second kappa shape index (κ2) is 10.1. The fourth-order valence-corrected chi connectivity index (χ4v) is 2.74. The van der Waals surface area contributed by atoms with Gasteiger partial charge in [0, 0.05) is 5.56 Å². The summed E-state index contributed by atoms with van der Waals surface area (Å²) in [6, 6.07) is 17.9. The van der Waals surface area contributed by atoms with Gasteiger partial charge in [-0.25, -0.2) is 9.59 Å². The molecule has 0 saturated carbocycles. The van der Waals surface area contributed by atoms with Crippen molar-refractivity contribution in [2.75, 3.05) is 20.8 Å². The van der Waals surface area contributed by atoms with E-state index in [4.69, 9.17) is 19.9 Å². The molecule has 2 N–H and O–H groups in total. The summed E-state index contributed by atoms with van der Waals surface area (Å²) in [7, 11) is 2.88. The molecule has 31 heavy (non-hydrogen) atoms. The summed E-state index contributed by atoms with van der Waals surface area (Å²) >= 11 is 0. The van der Waals surface area contributed by atoms with Gasteiger partial charge in [0.25, 0.3) is 0 Å². The van der Waals surface area contributed by atoms with Gasteiger partial charge in [-0.05, 0) is 46.7 Å². The Morgan fingerprint density at radius 3 is 2.29 bits per heavy atom. The highest BCUT2D eigenvalue weighted by molar-refractivity contribution is 6.05. The van der Waals surface area contributed by atoms with Gasteiger partial charge < -0.3 is 24.7 Å². The first kappa shape index (κ1) is 21.6. The lowest BCUT2D eigenvalue weighted by atomic mass is 10.1. The number of rotatable bonds is 7. The Kier molecular flexibility index (Phi) is 7.05. The van der Waals surface area contributed by atoms with Crippen molar-refractivity contribution in [3.63, 3.8) is 0 Å². The number of hydrogen-bond acceptors (Lipinski definition) is 6. The van der Waals surface area contributed by atoms with E-state index >= 15 is 0 Å². The average molecular weight is 422 g/mol. The van der Waals surface area contributed by atoms with Crippen LogP contribution in [-0.4, -0.2) is 38.7 Å². The van der Waals surface area contributed by atoms with Crippen LogP contribution in [0.2, 0.25) is 0 Å². The topological polar surface area (TPSA) is 109 Å². The van der Waals surface area contributed by atoms with Gasteiger partial charge in [-0.15, -0.1) is 0 Å². The van der Waals surface area contributed by atoms with Crippen molar-refractivity contribution in [1.29, 1.82) is 0 Å². The van der Waals surface area contributed by atoms with Crippen LogP contribution >= 0.6 is 0 Å². The molecule has 3 rings (SSSR count). The molecular weight excluding hydrogens is 400 g/mol. The summed E-state index contributed by atoms with van der Waals surface area (Å²) in [5.74, 6) is 0.844. The lowest BCUT2D eigenvalue weighted by Crippen LogP contribution is -2.16. The van der Waals surface area contributed by atoms with E-state index in [-0.39, 0.29) is 19.0 Å². The number of fused-ring (bicyclic) bond motifs is 1. The fourth-order valence-electron chi connectivity index (χ4n) is 2.74. The molecule has 160 valence electrons. The molecule has 0 atom stereocenters. The van der Waals surface area contributed by atoms with Gasteiger partial charge in [0.15, 0.2) is 6.61 Å². The lowest BCUT2D eigenvalue weighted by molar-refractivity contribution is -0.142. The molecule has 0 saturated heterocycles. The quantitative estimate of drug-likeness (QED) is 0.353. The Labute approximate surface area is 179 Å². The van der Waals surface area contributed by atoms with E-state index in [9.17, 15) is 9.59 Å². The van der Waals surface area contributed by atoms with Crippen molar-refractivity contribution >= 4 is 28.7 Å². The van der Waals surface area contributed by atoms with Gasteiger partial charge in [0.05, 0.1) is 14.2 Å². The maximum Gasteiger partial charge on any atom is 0.435 e. The van der Waals surface area contributed by atoms with Crippen molar-refractivity contribution in [3.05, 3.63) is 71.8 Å². The molecule has 0 spiro atoms. The normalized spacial score (nSPS) is 11.1. The van der Waals surface area contributed by atoms with Crippen LogP contribution in [0.25, 0.3) is 10.8 Å². The molecule has 3 aromatic rings. The SMILES string of the molecule is COC(=O)COc1ccc2cc(/C(N)=N\C(=O)OCc3ccc(OC)cc3)ccc2c1. The number of benzene rings is 3. The van der Waals surface area contributed by atoms with Gasteiger partial charge in [-0.2, -0.15) is 4.99 Å². The van der Waals surface area contributed by atoms with Crippen molar-refractivity contribution in [2.24, 2.45) is 10.7 Å². The third-order valence-electron chi connectivity index (χ3n) is 4.42. The number of nitrogens with zero attached hydrogens (tertiary/aromatic N) is 1. The molecule has 0 unspecified atom stereocenters. The molecule has 1 amide bonds. The first-order valence-electron chi connectivity index (χ1n) is 9.36. The van der Waals surface area contributed by atoms with Gasteiger partial charge in [0.2, 0.25) is 0 Å². The summed E-state index contributed by atoms with van der Waals surface area (Å²) in [6.45, 7) is -0.0932. The summed E-state index contributed by atoms with van der Waals surface area (Å²) in [5, 5.41) is 1.74. The second-order valence-electron chi connectivity index (χ2n) is 6.49. The molecule has 0 heterocycles. The number of amides is 1. The van der Waals surface area contributed by atoms with Crippen molar-refractivity contribution in [1.82, 2.24) is 0 Å². The first-order valence-corrected chi connectivity index (χ1v) is 9.36. The van der Waals surface area contributed by atoms with Gasteiger partial charge >= 0.3 is 12.1 Å². The standard InChI is InChI=1S/C23H22N2O6/c1-28-19-8-3-15(4-9-19)13-31-23(27)25-22(24)18-6-5-17-12-20(10-7-16(17)11-18)30-14-21(26)29-2/h3-12H,13-14H2,1-2H3,(H2,24,25,27). The molecule has 0 bridgehead atoms. The number of methoxy groups -OCH3 is 2. The Morgan fingerprint density at radius 2 is 1.58 bits per heavy atom. The van der Waals surface area contributed by atoms with Crippen LogP contribution in [0.1, 0.15) is 11.1 Å². The predicted molar refractivity (Wildman–Crippen MR) is 115 cm³/mol. The van der Waals surface area contributed by atoms with Crippen molar-refractivity contribution < 1.29 is 28.5 Å². The number of carbonyl (C=O) groups is 2. The zero-order valence-corrected chi connectivity index (χ0v) is 17.2. The Balaban J connectivity index is 1.64. The maximum atomic E-state index is 12.0. The van der Waals surface area contributed by atoms with E-state index in [1.807, 2.05) is 12.1 Å². The van der Waals surface area contributed by atoms with Crippen LogP contribution in [0.3, 0.4) is 0 Å². The van der Waals surface area contributed by atoms with Crippen LogP contribution < -0.4 is 15.2 Å². The molecule has 3 aromatic carbocycles. The Morgan fingerprint density at radius 1 is 0.903 bits per heavy atom. The number of ether oxygens (including phenoxy) is 4. The molecule has 0 fully saturated rings. The molecule has 8 heteroatoms. The van der Waals surface area contributed by atoms with Crippen LogP contribution in [-0.2, 0) is 20.9 Å². The van der Waals surface area contributed by atoms with Crippen molar-refractivity contribution in [3.8, 4) is 11.5 Å². The molecule has 0 aliphatic carbocycles. The van der Waals surface area contributed by atoms with E-state index in [1.165, 1.54) is 7.11 Å². The molecule has 0 aromatic heterocycles. The van der Waals surface area contributed by atoms with Gasteiger partial charge in [0.1, 0.15) is 23.9 Å². The number of hydrogen-bond donors (Lipinski definition) is 1. The monoisotopic (exact) mass is 422 g/mol. The average Bonchev–Trinajstić information content (AvgIpc) is 2.80. The maximum absolute atomic E-state index is 12.0. The molecule has 0 aliphatic rings. The largest absolute Gasteiger partial charge is 0.497 e. The Bertz CT molecular complexity index is 1110. The van der Waals surface area contributed by atoms with Gasteiger partial charge in [-0.1, -0.05) is 30.3 Å². The number of amidine groups is 1. The number of esters is 1. The summed E-state index contributed by atoms with van der Waals surface area (Å²) in [6.07, 6.45) is -0.778. The molecular formula is C23H22N2O6. The lowest BCUT2D eigenvalue weighted by Gasteiger charge is -2.08. The second-order valence-corrected chi connectivity index (χ2v) is 6.49. The predicted octanol–water partition coefficient (Wildman–Crippen LogP) is 3.44. The van der Waals surface area contributed by atoms with Crippen LogP contribution in [0.4, 0.5) is 4.79 Å². The molecule has 0 aliphatic heterocycles. The molecule has 0 radical (unpaired) electrons. The van der Waals surface area contributed by atoms with E-state index < -0.39 is 12.1 Å². The van der Waals surface area contributed by atoms with Gasteiger partial charge in [-0.3, -0.25) is 0 Å². The summed E-state index contributed by atoms with van der Waals surface area (Å²) in [4.78, 5) is 27.0. The highest BCUT2D eigenvalue weighted by atomic mass is 16.6. The number of carbonyl (C=O) groups excluding carboxylic acids is 2. The minimum atomic E-state index is -0.778. The number of aliphatic imine (C=N–C) groups is 1. The van der Waals surface area contributed by atoms with Crippen LogP contribution in [0, 0.1) is 0 Å². The first-order chi connectivity index (χ1) is 15.0. The van der Waals surface area contributed by atoms with Crippen molar-refractivity contribution in [2.45, 2.75) is 6.61 Å². The number of nitrogens with two attached hydrogens (primary N) is 1.